The lowest BCUT2D eigenvalue weighted by Gasteiger charge is -2.23. The Kier molecular flexibility index (Phi) is 11.2. The molecule has 13 heteroatoms. The van der Waals surface area contributed by atoms with Crippen molar-refractivity contribution in [3.05, 3.63) is 114 Å². The minimum atomic E-state index is -0.799. The molecular weight excluding hydrogens is 865 g/mol. The molecule has 0 fully saturated rings. The summed E-state index contributed by atoms with van der Waals surface area (Å²) in [6.45, 7) is 4.88. The van der Waals surface area contributed by atoms with Gasteiger partial charge in [0.1, 0.15) is 12.4 Å². The number of hydrogen-bond donors (Lipinski definition) is 0. The number of halogens is 4. The number of methoxy groups -OCH3 is 1. The molecule has 0 bridgehead atoms. The third-order valence-electron chi connectivity index (χ3n) is 6.70. The Morgan fingerprint density at radius 2 is 1.76 bits per heavy atom. The van der Waals surface area contributed by atoms with E-state index in [4.69, 9.17) is 42.1 Å². The standard InChI is InChI=1S/C32H26Cl2I2N2O6S/c1-4-42-25-9-7-18(12-26(25)43-5-2)28-21(31(40)41-3)15-37-32-38(28)30(39)27(45-32)13-19-11-20(35)14-24(36)29(19)44-16-17-6-8-22(33)23(34)10-17/h6-15,28H,4-5,16H2,1-3H3/b27-13+/t28-/m0/s1. The fourth-order valence-corrected chi connectivity index (χ4v) is 8.08. The van der Waals surface area contributed by atoms with Crippen molar-refractivity contribution in [3.63, 3.8) is 0 Å². The Labute approximate surface area is 300 Å². The van der Waals surface area contributed by atoms with E-state index in [9.17, 15) is 9.59 Å². The van der Waals surface area contributed by atoms with Crippen LogP contribution in [0.15, 0.2) is 70.1 Å². The Hall–Kier alpha value is -2.59. The zero-order chi connectivity index (χ0) is 32.2. The first-order valence-corrected chi connectivity index (χ1v) is 17.4. The van der Waals surface area contributed by atoms with Crippen molar-refractivity contribution in [1.29, 1.82) is 0 Å². The predicted molar refractivity (Wildman–Crippen MR) is 193 cm³/mol. The van der Waals surface area contributed by atoms with Crippen LogP contribution in [-0.2, 0) is 16.1 Å². The summed E-state index contributed by atoms with van der Waals surface area (Å²) in [4.78, 5) is 32.0. The van der Waals surface area contributed by atoms with E-state index in [0.29, 0.717) is 55.4 Å². The van der Waals surface area contributed by atoms with Crippen molar-refractivity contribution in [2.24, 2.45) is 4.99 Å². The van der Waals surface area contributed by atoms with E-state index in [1.54, 1.807) is 30.3 Å². The molecule has 234 valence electrons. The minimum Gasteiger partial charge on any atom is -0.490 e. The number of carbonyl (C=O) groups excluding carboxylic acids is 1. The Bertz CT molecular complexity index is 1990. The van der Waals surface area contributed by atoms with E-state index in [2.05, 4.69) is 50.2 Å². The van der Waals surface area contributed by atoms with Crippen LogP contribution in [0.2, 0.25) is 10.0 Å². The van der Waals surface area contributed by atoms with Crippen LogP contribution in [0, 0.1) is 7.14 Å². The van der Waals surface area contributed by atoms with Gasteiger partial charge in [-0.2, -0.15) is 0 Å². The highest BCUT2D eigenvalue weighted by molar-refractivity contribution is 14.1. The molecular formula is C32H26Cl2I2N2O6S. The van der Waals surface area contributed by atoms with Gasteiger partial charge < -0.3 is 18.9 Å². The van der Waals surface area contributed by atoms with Crippen LogP contribution in [0.4, 0.5) is 0 Å². The van der Waals surface area contributed by atoms with Gasteiger partial charge in [-0.1, -0.05) is 46.7 Å². The number of rotatable bonds is 10. The van der Waals surface area contributed by atoms with Gasteiger partial charge in [0.2, 0.25) is 0 Å². The van der Waals surface area contributed by atoms with Crippen molar-refractivity contribution in [3.8, 4) is 17.2 Å². The molecule has 2 heterocycles. The second kappa shape index (κ2) is 14.9. The summed E-state index contributed by atoms with van der Waals surface area (Å²) in [6, 6.07) is 13.9. The van der Waals surface area contributed by atoms with Gasteiger partial charge in [0.15, 0.2) is 16.3 Å². The molecule has 5 rings (SSSR count). The highest BCUT2D eigenvalue weighted by Gasteiger charge is 2.31. The lowest BCUT2D eigenvalue weighted by atomic mass is 9.97. The normalized spacial score (nSPS) is 14.3. The average molecular weight is 891 g/mol. The molecule has 0 unspecified atom stereocenters. The molecule has 0 N–H and O–H groups in total. The van der Waals surface area contributed by atoms with E-state index < -0.39 is 12.0 Å². The predicted octanol–water partition coefficient (Wildman–Crippen LogP) is 6.91. The molecule has 0 amide bonds. The Balaban J connectivity index is 1.62. The molecule has 3 aromatic carbocycles. The van der Waals surface area contributed by atoms with Crippen LogP contribution in [-0.4, -0.2) is 30.9 Å². The van der Waals surface area contributed by atoms with Gasteiger partial charge in [0.05, 0.1) is 50.1 Å². The number of benzene rings is 3. The van der Waals surface area contributed by atoms with E-state index >= 15 is 0 Å². The summed E-state index contributed by atoms with van der Waals surface area (Å²) in [5.41, 5.74) is 2.13. The van der Waals surface area contributed by atoms with Gasteiger partial charge in [0.25, 0.3) is 5.56 Å². The second-order valence-corrected chi connectivity index (χ2v) is 13.8. The highest BCUT2D eigenvalue weighted by atomic mass is 127. The van der Waals surface area contributed by atoms with Crippen molar-refractivity contribution in [2.75, 3.05) is 20.3 Å². The minimum absolute atomic E-state index is 0.220. The largest absolute Gasteiger partial charge is 0.490 e. The Morgan fingerprint density at radius 3 is 2.47 bits per heavy atom. The summed E-state index contributed by atoms with van der Waals surface area (Å²) in [5, 5.41) is 0.909. The maximum absolute atomic E-state index is 14.1. The summed E-state index contributed by atoms with van der Waals surface area (Å²) >= 11 is 18.0. The topological polar surface area (TPSA) is 88.4 Å². The molecule has 4 aromatic rings. The van der Waals surface area contributed by atoms with Crippen LogP contribution in [0.25, 0.3) is 6.08 Å². The van der Waals surface area contributed by atoms with E-state index in [-0.39, 0.29) is 17.7 Å². The van der Waals surface area contributed by atoms with E-state index in [1.807, 2.05) is 38.1 Å². The first kappa shape index (κ1) is 33.8. The summed E-state index contributed by atoms with van der Waals surface area (Å²) < 4.78 is 26.7. The molecule has 0 aliphatic carbocycles. The Morgan fingerprint density at radius 1 is 1.00 bits per heavy atom. The SMILES string of the molecule is CCOc1ccc([C@H]2C(C(=O)OC)=CN=c3s/c(=C/c4cc(I)cc(I)c4OCc4ccc(Cl)c(Cl)c4)c(=O)n32)cc1OCC. The summed E-state index contributed by atoms with van der Waals surface area (Å²) in [7, 11) is 1.30. The fraction of sp³-hybridized carbons (Fsp3) is 0.219. The lowest BCUT2D eigenvalue weighted by Crippen LogP contribution is -2.39. The van der Waals surface area contributed by atoms with Crippen LogP contribution < -0.4 is 29.1 Å². The van der Waals surface area contributed by atoms with Crippen molar-refractivity contribution in [1.82, 2.24) is 4.57 Å². The van der Waals surface area contributed by atoms with Crippen LogP contribution in [0.3, 0.4) is 0 Å². The van der Waals surface area contributed by atoms with Gasteiger partial charge in [-0.25, -0.2) is 9.79 Å². The maximum Gasteiger partial charge on any atom is 0.337 e. The highest BCUT2D eigenvalue weighted by Crippen LogP contribution is 2.35. The quantitative estimate of drug-likeness (QED) is 0.127. The molecule has 0 saturated carbocycles. The second-order valence-electron chi connectivity index (χ2n) is 9.59. The lowest BCUT2D eigenvalue weighted by molar-refractivity contribution is -0.136. The molecule has 8 nitrogen and oxygen atoms in total. The van der Waals surface area contributed by atoms with Crippen molar-refractivity contribution >= 4 is 91.8 Å². The number of hydrogen-bond acceptors (Lipinski definition) is 8. The van der Waals surface area contributed by atoms with E-state index in [0.717, 1.165) is 18.3 Å². The van der Waals surface area contributed by atoms with Gasteiger partial charge >= 0.3 is 5.97 Å². The monoisotopic (exact) mass is 890 g/mol. The molecule has 0 radical (unpaired) electrons. The number of carbonyl (C=O) groups is 1. The third-order valence-corrected chi connectivity index (χ3v) is 9.86. The summed E-state index contributed by atoms with van der Waals surface area (Å²) in [6.07, 6.45) is 3.25. The first-order chi connectivity index (χ1) is 21.6. The first-order valence-electron chi connectivity index (χ1n) is 13.7. The molecule has 1 atom stereocenters. The molecule has 1 aliphatic heterocycles. The number of ether oxygens (including phenoxy) is 4. The molecule has 0 spiro atoms. The summed E-state index contributed by atoms with van der Waals surface area (Å²) in [5.74, 6) is 1.11. The number of aromatic nitrogens is 1. The molecule has 1 aliphatic rings. The average Bonchev–Trinajstić information content (AvgIpc) is 3.33. The van der Waals surface area contributed by atoms with Crippen LogP contribution >= 0.6 is 79.7 Å². The zero-order valence-corrected chi connectivity index (χ0v) is 30.9. The van der Waals surface area contributed by atoms with Gasteiger partial charge in [-0.15, -0.1) is 0 Å². The number of thiazole rings is 1. The maximum atomic E-state index is 14.1. The van der Waals surface area contributed by atoms with Crippen molar-refractivity contribution < 1.29 is 23.7 Å². The van der Waals surface area contributed by atoms with Gasteiger partial charge in [-0.3, -0.25) is 9.36 Å². The number of fused-ring (bicyclic) bond motifs is 1. The smallest absolute Gasteiger partial charge is 0.337 e. The molecule has 1 aromatic heterocycles. The van der Waals surface area contributed by atoms with Gasteiger partial charge in [-0.05, 0) is 113 Å². The van der Waals surface area contributed by atoms with Crippen LogP contribution in [0.5, 0.6) is 17.2 Å². The number of nitrogens with zero attached hydrogens (tertiary/aromatic N) is 2. The van der Waals surface area contributed by atoms with Crippen molar-refractivity contribution in [2.45, 2.75) is 26.5 Å². The third kappa shape index (κ3) is 7.37. The zero-order valence-electron chi connectivity index (χ0n) is 24.2. The van der Waals surface area contributed by atoms with Gasteiger partial charge in [0, 0.05) is 15.3 Å². The van der Waals surface area contributed by atoms with E-state index in [1.165, 1.54) is 29.2 Å². The number of esters is 1. The fourth-order valence-electron chi connectivity index (χ4n) is 4.75. The molecule has 45 heavy (non-hydrogen) atoms. The molecule has 0 saturated heterocycles. The van der Waals surface area contributed by atoms with Crippen LogP contribution in [0.1, 0.15) is 36.6 Å².